The Bertz CT molecular complexity index is 159. The van der Waals surface area contributed by atoms with E-state index in [4.69, 9.17) is 12.3 Å². The first-order chi connectivity index (χ1) is 4.63. The minimum Gasteiger partial charge on any atom is -0.330 e. The molecular formula is C7H12N2O. The number of hydrogen-bond acceptors (Lipinski definition) is 2. The molecule has 0 aromatic carbocycles. The zero-order chi connectivity index (χ0) is 8.15. The lowest BCUT2D eigenvalue weighted by Gasteiger charge is -2.12. The fourth-order valence-electron chi connectivity index (χ4n) is 0.572. The van der Waals surface area contributed by atoms with Gasteiger partial charge >= 0.3 is 5.91 Å². The first kappa shape index (κ1) is 9.12. The largest absolute Gasteiger partial charge is 0.372 e. The number of carbonyl (C=O) groups excluding carboxylic acids is 1. The highest BCUT2D eigenvalue weighted by molar-refractivity contribution is 5.90. The fraction of sp³-hybridized carbons (Fsp3) is 0.714. The standard InChI is InChI=1S/C7H12N2O/c1-4-5(2)6(8)7(10)9-3/h5-6H,4,8H2,1-2H3/t5-,6-/m0/s1. The number of rotatable bonds is 3. The van der Waals surface area contributed by atoms with Crippen molar-refractivity contribution < 1.29 is 4.79 Å². The van der Waals surface area contributed by atoms with Gasteiger partial charge in [-0.25, -0.2) is 0 Å². The van der Waals surface area contributed by atoms with Gasteiger partial charge < -0.3 is 10.5 Å². The topological polar surface area (TPSA) is 47.5 Å². The molecule has 10 heavy (non-hydrogen) atoms. The van der Waals surface area contributed by atoms with Crippen molar-refractivity contribution in [3.63, 3.8) is 0 Å². The van der Waals surface area contributed by atoms with E-state index in [2.05, 4.69) is 4.85 Å². The number of nitrogens with two attached hydrogens (primary N) is 1. The second kappa shape index (κ2) is 4.02. The summed E-state index contributed by atoms with van der Waals surface area (Å²) in [7, 11) is 0. The van der Waals surface area contributed by atoms with E-state index in [-0.39, 0.29) is 5.92 Å². The van der Waals surface area contributed by atoms with Gasteiger partial charge in [-0.05, 0) is 5.92 Å². The molecule has 3 nitrogen and oxygen atoms in total. The monoisotopic (exact) mass is 140 g/mol. The van der Waals surface area contributed by atoms with Crippen LogP contribution in [0.4, 0.5) is 0 Å². The third kappa shape index (κ3) is 2.16. The first-order valence-electron chi connectivity index (χ1n) is 3.30. The smallest absolute Gasteiger partial charge is 0.330 e. The van der Waals surface area contributed by atoms with Crippen LogP contribution in [0.1, 0.15) is 20.3 Å². The molecule has 0 rings (SSSR count). The maximum absolute atomic E-state index is 10.6. The Morgan fingerprint density at radius 1 is 1.80 bits per heavy atom. The Kier molecular flexibility index (Phi) is 3.67. The highest BCUT2D eigenvalue weighted by atomic mass is 16.1. The van der Waals surface area contributed by atoms with E-state index in [9.17, 15) is 4.79 Å². The molecule has 0 aliphatic heterocycles. The molecule has 0 saturated heterocycles. The molecule has 0 spiro atoms. The lowest BCUT2D eigenvalue weighted by molar-refractivity contribution is -0.116. The van der Waals surface area contributed by atoms with Crippen LogP contribution in [0.15, 0.2) is 0 Å². The lowest BCUT2D eigenvalue weighted by Crippen LogP contribution is -2.34. The molecule has 2 N–H and O–H groups in total. The van der Waals surface area contributed by atoms with E-state index in [1.54, 1.807) is 0 Å². The van der Waals surface area contributed by atoms with Crippen molar-refractivity contribution in [2.75, 3.05) is 0 Å². The minimum atomic E-state index is -0.595. The van der Waals surface area contributed by atoms with Gasteiger partial charge in [-0.3, -0.25) is 0 Å². The molecule has 0 radical (unpaired) electrons. The van der Waals surface area contributed by atoms with Crippen LogP contribution in [0.2, 0.25) is 0 Å². The molecule has 0 aliphatic carbocycles. The maximum atomic E-state index is 10.6. The van der Waals surface area contributed by atoms with Crippen LogP contribution in [0.25, 0.3) is 4.85 Å². The van der Waals surface area contributed by atoms with Gasteiger partial charge in [-0.1, -0.05) is 20.3 Å². The summed E-state index contributed by atoms with van der Waals surface area (Å²) >= 11 is 0. The van der Waals surface area contributed by atoms with Gasteiger partial charge in [-0.2, -0.15) is 4.85 Å². The molecule has 0 unspecified atom stereocenters. The summed E-state index contributed by atoms with van der Waals surface area (Å²) in [5, 5.41) is 0. The van der Waals surface area contributed by atoms with Crippen LogP contribution in [-0.4, -0.2) is 11.9 Å². The third-order valence-corrected chi connectivity index (χ3v) is 1.65. The highest BCUT2D eigenvalue weighted by Gasteiger charge is 2.18. The minimum absolute atomic E-state index is 0.113. The van der Waals surface area contributed by atoms with Crippen LogP contribution in [0, 0.1) is 12.5 Å². The summed E-state index contributed by atoms with van der Waals surface area (Å²) in [5.41, 5.74) is 5.42. The summed E-state index contributed by atoms with van der Waals surface area (Å²) in [6.45, 7) is 10.2. The Morgan fingerprint density at radius 2 is 2.30 bits per heavy atom. The molecule has 2 atom stereocenters. The van der Waals surface area contributed by atoms with Gasteiger partial charge in [0.25, 0.3) is 0 Å². The molecule has 0 aromatic heterocycles. The number of nitrogens with zero attached hydrogens (tertiary/aromatic N) is 1. The molecule has 1 amide bonds. The number of amides is 1. The number of carbonyl (C=O) groups is 1. The van der Waals surface area contributed by atoms with Gasteiger partial charge in [-0.15, -0.1) is 0 Å². The van der Waals surface area contributed by atoms with Crippen molar-refractivity contribution in [1.29, 1.82) is 0 Å². The molecular weight excluding hydrogens is 128 g/mol. The zero-order valence-corrected chi connectivity index (χ0v) is 6.29. The predicted molar refractivity (Wildman–Crippen MR) is 39.0 cm³/mol. The second-order valence-corrected chi connectivity index (χ2v) is 2.36. The molecule has 0 aromatic rings. The van der Waals surface area contributed by atoms with Crippen molar-refractivity contribution in [2.45, 2.75) is 26.3 Å². The van der Waals surface area contributed by atoms with E-state index in [1.165, 1.54) is 0 Å². The number of hydrogen-bond donors (Lipinski definition) is 1. The van der Waals surface area contributed by atoms with Crippen molar-refractivity contribution in [3.8, 4) is 0 Å². The summed E-state index contributed by atoms with van der Waals surface area (Å²) in [5.74, 6) is -0.420. The molecule has 0 aliphatic rings. The Hall–Kier alpha value is -0.880. The van der Waals surface area contributed by atoms with Gasteiger partial charge in [0.1, 0.15) is 0 Å². The fourth-order valence-corrected chi connectivity index (χ4v) is 0.572. The molecule has 3 heteroatoms. The summed E-state index contributed by atoms with van der Waals surface area (Å²) in [6.07, 6.45) is 0.836. The predicted octanol–water partition coefficient (Wildman–Crippen LogP) is 0.806. The van der Waals surface area contributed by atoms with Crippen molar-refractivity contribution in [1.82, 2.24) is 0 Å². The van der Waals surface area contributed by atoms with Gasteiger partial charge in [0.05, 0.1) is 12.6 Å². The van der Waals surface area contributed by atoms with Crippen LogP contribution in [-0.2, 0) is 4.79 Å². The van der Waals surface area contributed by atoms with Crippen LogP contribution < -0.4 is 5.73 Å². The van der Waals surface area contributed by atoms with E-state index < -0.39 is 11.9 Å². The quantitative estimate of drug-likeness (QED) is 0.589. The van der Waals surface area contributed by atoms with Gasteiger partial charge in [0.15, 0.2) is 0 Å². The highest BCUT2D eigenvalue weighted by Crippen LogP contribution is 2.05. The summed E-state index contributed by atoms with van der Waals surface area (Å²) in [4.78, 5) is 13.4. The van der Waals surface area contributed by atoms with Gasteiger partial charge in [0, 0.05) is 0 Å². The Balaban J connectivity index is 3.97. The Labute approximate surface area is 61.0 Å². The lowest BCUT2D eigenvalue weighted by atomic mass is 10.00. The average molecular weight is 140 g/mol. The zero-order valence-electron chi connectivity index (χ0n) is 6.29. The maximum Gasteiger partial charge on any atom is 0.372 e. The van der Waals surface area contributed by atoms with Crippen molar-refractivity contribution in [3.05, 3.63) is 11.4 Å². The third-order valence-electron chi connectivity index (χ3n) is 1.65. The molecule has 0 saturated carbocycles. The summed E-state index contributed by atoms with van der Waals surface area (Å²) < 4.78 is 0. The molecule has 56 valence electrons. The van der Waals surface area contributed by atoms with E-state index in [1.807, 2.05) is 13.8 Å². The van der Waals surface area contributed by atoms with Crippen LogP contribution in [0.3, 0.4) is 0 Å². The molecule has 0 bridgehead atoms. The van der Waals surface area contributed by atoms with Crippen LogP contribution in [0.5, 0.6) is 0 Å². The second-order valence-electron chi connectivity index (χ2n) is 2.36. The van der Waals surface area contributed by atoms with E-state index in [0.717, 1.165) is 6.42 Å². The van der Waals surface area contributed by atoms with Crippen molar-refractivity contribution in [2.24, 2.45) is 11.7 Å². The van der Waals surface area contributed by atoms with Crippen molar-refractivity contribution >= 4 is 5.91 Å². The summed E-state index contributed by atoms with van der Waals surface area (Å²) in [6, 6.07) is -0.595. The SMILES string of the molecule is [C-]#[N+]C(=O)[C@@H](N)[C@@H](C)CC. The molecule has 0 fully saturated rings. The molecule has 0 heterocycles. The Morgan fingerprint density at radius 3 is 2.60 bits per heavy atom. The normalized spacial score (nSPS) is 15.4. The average Bonchev–Trinajstić information content (AvgIpc) is 2.00. The van der Waals surface area contributed by atoms with Gasteiger partial charge in [0.2, 0.25) is 0 Å². The van der Waals surface area contributed by atoms with E-state index >= 15 is 0 Å². The first-order valence-corrected chi connectivity index (χ1v) is 3.30. The van der Waals surface area contributed by atoms with Crippen LogP contribution >= 0.6 is 0 Å². The van der Waals surface area contributed by atoms with E-state index in [0.29, 0.717) is 0 Å².